The Morgan fingerprint density at radius 2 is 1.74 bits per heavy atom. The van der Waals surface area contributed by atoms with E-state index in [1.165, 1.54) is 0 Å². The molecule has 0 aromatic carbocycles. The van der Waals surface area contributed by atoms with Crippen LogP contribution in [0.25, 0.3) is 0 Å². The van der Waals surface area contributed by atoms with Crippen molar-refractivity contribution in [3.63, 3.8) is 0 Å². The van der Waals surface area contributed by atoms with Crippen LogP contribution < -0.4 is 0 Å². The molecule has 4 nitrogen and oxygen atoms in total. The maximum absolute atomic E-state index is 12.1. The number of fused-ring (bicyclic) bond motifs is 4. The Morgan fingerprint density at radius 1 is 1.00 bits per heavy atom. The highest BCUT2D eigenvalue weighted by molar-refractivity contribution is 5.93. The first-order valence-electron chi connectivity index (χ1n) is 7.11. The molecule has 3 aliphatic heterocycles. The van der Waals surface area contributed by atoms with Gasteiger partial charge in [0.1, 0.15) is 18.0 Å². The van der Waals surface area contributed by atoms with Gasteiger partial charge in [0.05, 0.1) is 11.8 Å². The summed E-state index contributed by atoms with van der Waals surface area (Å²) in [6.45, 7) is 5.86. The Morgan fingerprint density at radius 3 is 2.47 bits per heavy atom. The highest BCUT2D eigenvalue weighted by Gasteiger charge is 2.51. The summed E-state index contributed by atoms with van der Waals surface area (Å²) in [5.74, 6) is 0.799. The van der Waals surface area contributed by atoms with Crippen molar-refractivity contribution in [2.24, 2.45) is 23.7 Å². The first-order chi connectivity index (χ1) is 8.99. The van der Waals surface area contributed by atoms with Crippen molar-refractivity contribution in [1.29, 1.82) is 0 Å². The summed E-state index contributed by atoms with van der Waals surface area (Å²) >= 11 is 0. The normalized spacial score (nSPS) is 45.5. The molecule has 104 valence electrons. The number of ketones is 1. The minimum absolute atomic E-state index is 0.0874. The maximum atomic E-state index is 12.1. The molecule has 2 bridgehead atoms. The Bertz CT molecular complexity index is 453. The summed E-state index contributed by atoms with van der Waals surface area (Å²) in [5.41, 5.74) is 0. The van der Waals surface area contributed by atoms with Crippen molar-refractivity contribution in [2.45, 2.75) is 45.8 Å². The molecule has 4 heteroatoms. The second kappa shape index (κ2) is 4.36. The minimum atomic E-state index is -0.311. The van der Waals surface area contributed by atoms with E-state index in [0.29, 0.717) is 0 Å². The largest absolute Gasteiger partial charge is 0.490 e. The lowest BCUT2D eigenvalue weighted by molar-refractivity contribution is -0.154. The molecule has 0 spiro atoms. The topological polar surface area (TPSA) is 52.6 Å². The molecule has 0 saturated carbocycles. The Hall–Kier alpha value is -1.32. The monoisotopic (exact) mass is 264 g/mol. The fourth-order valence-corrected chi connectivity index (χ4v) is 3.43. The number of rotatable bonds is 0. The summed E-state index contributed by atoms with van der Waals surface area (Å²) < 4.78 is 11.5. The number of allylic oxidation sites excluding steroid dienone is 2. The van der Waals surface area contributed by atoms with E-state index in [-0.39, 0.29) is 47.6 Å². The first-order valence-corrected chi connectivity index (χ1v) is 7.11. The first kappa shape index (κ1) is 12.7. The zero-order chi connectivity index (χ0) is 13.7. The van der Waals surface area contributed by atoms with Crippen molar-refractivity contribution in [3.8, 4) is 0 Å². The van der Waals surface area contributed by atoms with Gasteiger partial charge in [0, 0.05) is 17.9 Å². The summed E-state index contributed by atoms with van der Waals surface area (Å²) in [5, 5.41) is 0. The van der Waals surface area contributed by atoms with Crippen LogP contribution in [0.4, 0.5) is 0 Å². The van der Waals surface area contributed by atoms with Gasteiger partial charge in [-0.3, -0.25) is 9.59 Å². The molecule has 0 aromatic rings. The van der Waals surface area contributed by atoms with Gasteiger partial charge in [-0.15, -0.1) is 0 Å². The minimum Gasteiger partial charge on any atom is -0.490 e. The van der Waals surface area contributed by atoms with Crippen LogP contribution in [0.5, 0.6) is 0 Å². The van der Waals surface area contributed by atoms with Crippen molar-refractivity contribution in [2.75, 3.05) is 0 Å². The molecule has 6 atom stereocenters. The van der Waals surface area contributed by atoms with Crippen molar-refractivity contribution >= 4 is 11.8 Å². The van der Waals surface area contributed by atoms with Gasteiger partial charge in [-0.25, -0.2) is 0 Å². The number of ether oxygens (including phenoxy) is 2. The van der Waals surface area contributed by atoms with Crippen LogP contribution in [-0.2, 0) is 19.1 Å². The van der Waals surface area contributed by atoms with Gasteiger partial charge in [0.2, 0.25) is 0 Å². The molecule has 2 fully saturated rings. The third-order valence-electron chi connectivity index (χ3n) is 4.93. The van der Waals surface area contributed by atoms with E-state index < -0.39 is 0 Å². The van der Waals surface area contributed by atoms with Crippen LogP contribution in [0, 0.1) is 23.7 Å². The molecule has 3 rings (SSSR count). The molecule has 3 heterocycles. The molecule has 0 radical (unpaired) electrons. The van der Waals surface area contributed by atoms with Gasteiger partial charge in [-0.1, -0.05) is 20.8 Å². The third-order valence-corrected chi connectivity index (χ3v) is 4.93. The second-order valence-corrected chi connectivity index (χ2v) is 6.15. The van der Waals surface area contributed by atoms with Crippen LogP contribution in [0.1, 0.15) is 33.6 Å². The Labute approximate surface area is 113 Å². The lowest BCUT2D eigenvalue weighted by Gasteiger charge is -2.38. The standard InChI is InChI=1S/C15H20O4/c1-7-4-5-10-8(2)15(17)19-14(10)13-9(3)11(16)6-12(7)18-13/h6-10,13-14H,4-5H2,1-3H3/t7-,8+,9+,10+,13-,14+/m1/s1. The van der Waals surface area contributed by atoms with Crippen molar-refractivity contribution < 1.29 is 19.1 Å². The number of hydrogen-bond acceptors (Lipinski definition) is 4. The average Bonchev–Trinajstić information content (AvgIpc) is 2.64. The van der Waals surface area contributed by atoms with Crippen LogP contribution in [0.3, 0.4) is 0 Å². The summed E-state index contributed by atoms with van der Waals surface area (Å²) in [6.07, 6.45) is 2.94. The Kier molecular flexibility index (Phi) is 2.91. The SMILES string of the molecule is C[C@@H]1CC[C@@H]2[C@H](OC(=O)[C@H]2C)[C@@H]2OC1=CC(=O)[C@@H]2C. The molecule has 2 saturated heterocycles. The van der Waals surface area contributed by atoms with Crippen LogP contribution >= 0.6 is 0 Å². The van der Waals surface area contributed by atoms with E-state index >= 15 is 0 Å². The molecule has 0 amide bonds. The zero-order valence-corrected chi connectivity index (χ0v) is 11.6. The molecular weight excluding hydrogens is 244 g/mol. The summed E-state index contributed by atoms with van der Waals surface area (Å²) in [4.78, 5) is 23.9. The number of hydrogen-bond donors (Lipinski definition) is 0. The maximum Gasteiger partial charge on any atom is 0.309 e. The van der Waals surface area contributed by atoms with Crippen molar-refractivity contribution in [3.05, 3.63) is 11.8 Å². The van der Waals surface area contributed by atoms with E-state index in [1.807, 2.05) is 13.8 Å². The summed E-state index contributed by atoms with van der Waals surface area (Å²) in [7, 11) is 0. The highest BCUT2D eigenvalue weighted by Crippen LogP contribution is 2.43. The second-order valence-electron chi connectivity index (χ2n) is 6.15. The third kappa shape index (κ3) is 1.88. The lowest BCUT2D eigenvalue weighted by Crippen LogP contribution is -2.45. The van der Waals surface area contributed by atoms with Gasteiger partial charge in [-0.2, -0.15) is 0 Å². The molecule has 19 heavy (non-hydrogen) atoms. The number of carbonyl (C=O) groups is 2. The summed E-state index contributed by atoms with van der Waals surface area (Å²) in [6, 6.07) is 0. The zero-order valence-electron chi connectivity index (χ0n) is 11.6. The Balaban J connectivity index is 1.98. The fourth-order valence-electron chi connectivity index (χ4n) is 3.43. The molecular formula is C15H20O4. The van der Waals surface area contributed by atoms with Gasteiger partial charge >= 0.3 is 5.97 Å². The van der Waals surface area contributed by atoms with Crippen molar-refractivity contribution in [1.82, 2.24) is 0 Å². The quantitative estimate of drug-likeness (QED) is 0.629. The van der Waals surface area contributed by atoms with E-state index in [9.17, 15) is 9.59 Å². The molecule has 0 aliphatic carbocycles. The average molecular weight is 264 g/mol. The number of carbonyl (C=O) groups excluding carboxylic acids is 2. The number of esters is 1. The van der Waals surface area contributed by atoms with Gasteiger partial charge in [0.25, 0.3) is 0 Å². The van der Waals surface area contributed by atoms with E-state index in [4.69, 9.17) is 9.47 Å². The molecule has 0 unspecified atom stereocenters. The highest BCUT2D eigenvalue weighted by atomic mass is 16.6. The van der Waals surface area contributed by atoms with Gasteiger partial charge in [-0.05, 0) is 12.8 Å². The lowest BCUT2D eigenvalue weighted by atomic mass is 9.77. The van der Waals surface area contributed by atoms with Crippen LogP contribution in [0.15, 0.2) is 11.8 Å². The van der Waals surface area contributed by atoms with E-state index in [2.05, 4.69) is 6.92 Å². The predicted molar refractivity (Wildman–Crippen MR) is 68.1 cm³/mol. The van der Waals surface area contributed by atoms with Crippen LogP contribution in [-0.4, -0.2) is 24.0 Å². The molecule has 0 N–H and O–H groups in total. The van der Waals surface area contributed by atoms with Crippen LogP contribution in [0.2, 0.25) is 0 Å². The molecule has 0 aromatic heterocycles. The predicted octanol–water partition coefficient (Wildman–Crippen LogP) is 2.08. The van der Waals surface area contributed by atoms with Gasteiger partial charge < -0.3 is 9.47 Å². The molecule has 3 aliphatic rings. The van der Waals surface area contributed by atoms with Gasteiger partial charge in [0.15, 0.2) is 5.78 Å². The fraction of sp³-hybridized carbons (Fsp3) is 0.733. The van der Waals surface area contributed by atoms with E-state index in [0.717, 1.165) is 18.6 Å². The van der Waals surface area contributed by atoms with E-state index in [1.54, 1.807) is 6.08 Å². The smallest absolute Gasteiger partial charge is 0.309 e.